The third-order valence-electron chi connectivity index (χ3n) is 5.06. The molecule has 7 nitrogen and oxygen atoms in total. The van der Waals surface area contributed by atoms with Crippen LogP contribution in [0.3, 0.4) is 0 Å². The number of nitrogens with one attached hydrogen (secondary N) is 1. The molecule has 0 aromatic heterocycles. The molecule has 0 saturated heterocycles. The Morgan fingerprint density at radius 1 is 1.15 bits per heavy atom. The zero-order valence-corrected chi connectivity index (χ0v) is 20.7. The summed E-state index contributed by atoms with van der Waals surface area (Å²) in [6.07, 6.45) is 1.68. The van der Waals surface area contributed by atoms with Crippen LogP contribution in [-0.2, 0) is 26.2 Å². The van der Waals surface area contributed by atoms with Gasteiger partial charge in [-0.2, -0.15) is 0 Å². The van der Waals surface area contributed by atoms with Gasteiger partial charge in [0.25, 0.3) is 0 Å². The molecule has 2 rings (SSSR count). The molecule has 1 N–H and O–H groups in total. The summed E-state index contributed by atoms with van der Waals surface area (Å²) in [5, 5.41) is 2.50. The van der Waals surface area contributed by atoms with Crippen LogP contribution < -0.4 is 9.62 Å². The Bertz CT molecular complexity index is 1090. The Morgan fingerprint density at radius 2 is 1.79 bits per heavy atom. The molecule has 2 aromatic carbocycles. The predicted octanol–water partition coefficient (Wildman–Crippen LogP) is 3.50. The van der Waals surface area contributed by atoms with Gasteiger partial charge in [-0.1, -0.05) is 48.4 Å². The highest BCUT2D eigenvalue weighted by atomic mass is 35.5. The lowest BCUT2D eigenvalue weighted by Gasteiger charge is -2.31. The highest BCUT2D eigenvalue weighted by Gasteiger charge is 2.30. The standard InChI is InChI=1S/C23H29ClFN3O4S/c1-5-12-26-23(30)17(3)27(14-18-8-6-16(2)7-9-18)22(29)15-28(33(4,31)32)19-10-11-21(25)20(24)13-19/h6-11,13,17H,5,12,14-15H2,1-4H3,(H,26,30). The molecule has 0 spiro atoms. The van der Waals surface area contributed by atoms with Crippen LogP contribution in [0, 0.1) is 12.7 Å². The number of benzene rings is 2. The quantitative estimate of drug-likeness (QED) is 0.544. The maximum absolute atomic E-state index is 13.6. The topological polar surface area (TPSA) is 86.8 Å². The van der Waals surface area contributed by atoms with E-state index in [0.717, 1.165) is 40.2 Å². The Balaban J connectivity index is 2.38. The van der Waals surface area contributed by atoms with E-state index in [1.54, 1.807) is 6.92 Å². The van der Waals surface area contributed by atoms with E-state index in [1.165, 1.54) is 11.0 Å². The molecule has 0 radical (unpaired) electrons. The first-order chi connectivity index (χ1) is 15.4. The van der Waals surface area contributed by atoms with Crippen LogP contribution in [0.5, 0.6) is 0 Å². The number of sulfonamides is 1. The maximum atomic E-state index is 13.6. The average Bonchev–Trinajstić information content (AvgIpc) is 2.76. The number of hydrogen-bond acceptors (Lipinski definition) is 4. The van der Waals surface area contributed by atoms with Gasteiger partial charge in [-0.25, -0.2) is 12.8 Å². The maximum Gasteiger partial charge on any atom is 0.244 e. The van der Waals surface area contributed by atoms with Crippen molar-refractivity contribution in [1.82, 2.24) is 10.2 Å². The SMILES string of the molecule is CCCNC(=O)C(C)N(Cc1ccc(C)cc1)C(=O)CN(c1ccc(F)c(Cl)c1)S(C)(=O)=O. The molecule has 180 valence electrons. The highest BCUT2D eigenvalue weighted by molar-refractivity contribution is 7.92. The summed E-state index contributed by atoms with van der Waals surface area (Å²) in [4.78, 5) is 27.3. The molecular formula is C23H29ClFN3O4S. The van der Waals surface area contributed by atoms with Crippen LogP contribution in [-0.4, -0.2) is 50.5 Å². The fourth-order valence-electron chi connectivity index (χ4n) is 3.12. The van der Waals surface area contributed by atoms with Crippen molar-refractivity contribution in [3.8, 4) is 0 Å². The second-order valence-corrected chi connectivity index (χ2v) is 10.2. The minimum Gasteiger partial charge on any atom is -0.354 e. The number of aryl methyl sites for hydroxylation is 1. The normalized spacial score (nSPS) is 12.2. The Labute approximate surface area is 199 Å². The molecule has 0 aliphatic rings. The molecule has 0 aliphatic carbocycles. The van der Waals surface area contributed by atoms with Crippen molar-refractivity contribution in [1.29, 1.82) is 0 Å². The number of carbonyl (C=O) groups is 2. The predicted molar refractivity (Wildman–Crippen MR) is 128 cm³/mol. The first-order valence-electron chi connectivity index (χ1n) is 10.5. The lowest BCUT2D eigenvalue weighted by Crippen LogP contribution is -2.51. The van der Waals surface area contributed by atoms with Crippen LogP contribution in [0.4, 0.5) is 10.1 Å². The molecule has 0 saturated carbocycles. The van der Waals surface area contributed by atoms with Gasteiger partial charge in [-0.15, -0.1) is 0 Å². The molecule has 0 fully saturated rings. The van der Waals surface area contributed by atoms with Crippen molar-refractivity contribution in [2.24, 2.45) is 0 Å². The third kappa shape index (κ3) is 7.43. The van der Waals surface area contributed by atoms with Crippen molar-refractivity contribution in [3.63, 3.8) is 0 Å². The van der Waals surface area contributed by atoms with E-state index in [-0.39, 0.29) is 23.2 Å². The van der Waals surface area contributed by atoms with Gasteiger partial charge < -0.3 is 10.2 Å². The van der Waals surface area contributed by atoms with Crippen molar-refractivity contribution >= 4 is 39.1 Å². The minimum absolute atomic E-state index is 0.0515. The number of amides is 2. The Kier molecular flexibility index (Phi) is 9.25. The van der Waals surface area contributed by atoms with Gasteiger partial charge in [0.2, 0.25) is 21.8 Å². The fourth-order valence-corrected chi connectivity index (χ4v) is 4.14. The fraction of sp³-hybridized carbons (Fsp3) is 0.391. The van der Waals surface area contributed by atoms with Gasteiger partial charge in [0.1, 0.15) is 18.4 Å². The molecule has 2 amide bonds. The molecule has 2 aromatic rings. The summed E-state index contributed by atoms with van der Waals surface area (Å²) < 4.78 is 39.4. The lowest BCUT2D eigenvalue weighted by molar-refractivity contribution is -0.139. The second kappa shape index (κ2) is 11.5. The van der Waals surface area contributed by atoms with E-state index < -0.39 is 34.3 Å². The van der Waals surface area contributed by atoms with Crippen molar-refractivity contribution in [2.45, 2.75) is 39.8 Å². The van der Waals surface area contributed by atoms with Crippen molar-refractivity contribution < 1.29 is 22.4 Å². The number of hydrogen-bond donors (Lipinski definition) is 1. The van der Waals surface area contributed by atoms with Crippen molar-refractivity contribution in [3.05, 3.63) is 64.4 Å². The van der Waals surface area contributed by atoms with Crippen LogP contribution in [0.15, 0.2) is 42.5 Å². The van der Waals surface area contributed by atoms with Gasteiger partial charge >= 0.3 is 0 Å². The molecule has 33 heavy (non-hydrogen) atoms. The molecular weight excluding hydrogens is 469 g/mol. The van der Waals surface area contributed by atoms with Crippen LogP contribution in [0.25, 0.3) is 0 Å². The number of anilines is 1. The first-order valence-corrected chi connectivity index (χ1v) is 12.7. The Hall–Kier alpha value is -2.65. The van der Waals surface area contributed by atoms with E-state index >= 15 is 0 Å². The molecule has 0 bridgehead atoms. The van der Waals surface area contributed by atoms with Crippen LogP contribution in [0.2, 0.25) is 5.02 Å². The van der Waals surface area contributed by atoms with E-state index in [1.807, 2.05) is 38.1 Å². The number of halogens is 2. The summed E-state index contributed by atoms with van der Waals surface area (Å²) in [6.45, 7) is 5.44. The number of carbonyl (C=O) groups excluding carboxylic acids is 2. The van der Waals surface area contributed by atoms with Gasteiger partial charge in [0, 0.05) is 13.1 Å². The van der Waals surface area contributed by atoms with E-state index in [4.69, 9.17) is 11.6 Å². The molecule has 10 heteroatoms. The molecule has 0 heterocycles. The molecule has 1 atom stereocenters. The zero-order chi connectivity index (χ0) is 24.8. The summed E-state index contributed by atoms with van der Waals surface area (Å²) in [6, 6.07) is 10.0. The lowest BCUT2D eigenvalue weighted by atomic mass is 10.1. The van der Waals surface area contributed by atoms with Crippen molar-refractivity contribution in [2.75, 3.05) is 23.7 Å². The largest absolute Gasteiger partial charge is 0.354 e. The first kappa shape index (κ1) is 26.6. The minimum atomic E-state index is -3.91. The van der Waals surface area contributed by atoms with Crippen LogP contribution >= 0.6 is 11.6 Å². The summed E-state index contributed by atoms with van der Waals surface area (Å²) in [5.41, 5.74) is 1.89. The van der Waals surface area contributed by atoms with E-state index in [9.17, 15) is 22.4 Å². The Morgan fingerprint density at radius 3 is 2.33 bits per heavy atom. The smallest absolute Gasteiger partial charge is 0.244 e. The van der Waals surface area contributed by atoms with Gasteiger partial charge in [-0.3, -0.25) is 13.9 Å². The van der Waals surface area contributed by atoms with Gasteiger partial charge in [0.15, 0.2) is 0 Å². The monoisotopic (exact) mass is 497 g/mol. The van der Waals surface area contributed by atoms with E-state index in [0.29, 0.717) is 6.54 Å². The summed E-state index contributed by atoms with van der Waals surface area (Å²) in [5.74, 6) is -1.63. The van der Waals surface area contributed by atoms with E-state index in [2.05, 4.69) is 5.32 Å². The highest BCUT2D eigenvalue weighted by Crippen LogP contribution is 2.25. The summed E-state index contributed by atoms with van der Waals surface area (Å²) in [7, 11) is -3.91. The van der Waals surface area contributed by atoms with Gasteiger partial charge in [-0.05, 0) is 44.0 Å². The molecule has 1 unspecified atom stereocenters. The number of rotatable bonds is 10. The second-order valence-electron chi connectivity index (χ2n) is 7.84. The van der Waals surface area contributed by atoms with Gasteiger partial charge in [0.05, 0.1) is 17.0 Å². The zero-order valence-electron chi connectivity index (χ0n) is 19.1. The third-order valence-corrected chi connectivity index (χ3v) is 6.49. The molecule has 0 aliphatic heterocycles. The summed E-state index contributed by atoms with van der Waals surface area (Å²) >= 11 is 5.82. The number of nitrogens with zero attached hydrogens (tertiary/aromatic N) is 2. The average molecular weight is 498 g/mol. The van der Waals surface area contributed by atoms with Crippen LogP contribution in [0.1, 0.15) is 31.4 Å².